The van der Waals surface area contributed by atoms with Crippen LogP contribution in [0.2, 0.25) is 0 Å². The van der Waals surface area contributed by atoms with Gasteiger partial charge in [-0.1, -0.05) is 72.8 Å². The van der Waals surface area contributed by atoms with Gasteiger partial charge < -0.3 is 56.7 Å². The van der Waals surface area contributed by atoms with Crippen LogP contribution < -0.4 is 42.5 Å². The van der Waals surface area contributed by atoms with E-state index >= 15 is 0 Å². The molecule has 5 amide bonds. The molecule has 0 radical (unpaired) electrons. The molecule has 0 aromatic heterocycles. The molecule has 456 valence electrons. The van der Waals surface area contributed by atoms with Crippen LogP contribution >= 0.6 is 0 Å². The van der Waals surface area contributed by atoms with Gasteiger partial charge in [-0.2, -0.15) is 0 Å². The highest BCUT2D eigenvalue weighted by atomic mass is 16.5. The minimum Gasteiger partial charge on any atom is -0.453 e. The number of anilines is 6. The number of carbonyl (C=O) groups is 9. The van der Waals surface area contributed by atoms with Crippen LogP contribution in [-0.4, -0.2) is 127 Å². The highest BCUT2D eigenvalue weighted by Crippen LogP contribution is 2.35. The average Bonchev–Trinajstić information content (AvgIpc) is 2.48. The molecule has 0 unspecified atom stereocenters. The second kappa shape index (κ2) is 27.7. The fourth-order valence-electron chi connectivity index (χ4n) is 11.3. The van der Waals surface area contributed by atoms with Crippen molar-refractivity contribution in [2.75, 3.05) is 85.3 Å². The van der Waals surface area contributed by atoms with Crippen molar-refractivity contribution >= 4 is 87.0 Å². The number of ether oxygens (including phenoxy) is 1. The normalized spacial score (nSPS) is 15.9. The molecule has 0 bridgehead atoms. The highest BCUT2D eigenvalue weighted by Gasteiger charge is 2.39. The number of nitrogens with one attached hydrogen (secondary N) is 8. The lowest BCUT2D eigenvalue weighted by molar-refractivity contribution is 0.0948. The van der Waals surface area contributed by atoms with Gasteiger partial charge >= 0.3 is 18.2 Å². The number of benzene rings is 6. The summed E-state index contributed by atoms with van der Waals surface area (Å²) < 4.78 is 4.58. The fraction of sp³-hybridized carbons (Fsp3) is 0.250. The Morgan fingerprint density at radius 3 is 0.899 bits per heavy atom. The van der Waals surface area contributed by atoms with Crippen LogP contribution in [0.3, 0.4) is 0 Å². The molecule has 12 rings (SSSR count). The summed E-state index contributed by atoms with van der Waals surface area (Å²) in [6, 6.07) is 41.2. The maximum atomic E-state index is 13.3. The Morgan fingerprint density at radius 2 is 0.629 bits per heavy atom. The standard InChI is InChI=1S/C24H26N4O3.C22H22N4O3.C22H21N3O4/c1-15(2)25-24(31)27-17-11-9-16(10-12-17)26-20-21(28-13-5-6-14-28)23(30)19-8-4-3-7-18(19)22(20)29;1-23-22(29)25-15-10-8-14(9-11-15)24-18-19(26-12-4-5-13-26)21(28)17-7-3-2-6-16(17)20(18)27;1-29-22(28)24-15-10-8-14(9-11-15)23-18-19(25-12-4-5-13-25)21(27)17-7-3-2-6-16(17)20(18)26/h3-4,7-12,15,26H,5-6,13-14H2,1-2H3,(H2,25,27,31);2-3,6-11,24H,4-5,12-13H2,1H3,(H2,23,25,29);2-3,6-11,23H,4-5,12-13H2,1H3,(H,24,28). The lowest BCUT2D eigenvalue weighted by atomic mass is 9.89. The van der Waals surface area contributed by atoms with E-state index < -0.39 is 6.09 Å². The van der Waals surface area contributed by atoms with Crippen LogP contribution in [0, 0.1) is 0 Å². The maximum Gasteiger partial charge on any atom is 0.411 e. The van der Waals surface area contributed by atoms with E-state index in [1.165, 1.54) is 7.11 Å². The zero-order valence-corrected chi connectivity index (χ0v) is 49.8. The summed E-state index contributed by atoms with van der Waals surface area (Å²) in [6.45, 7) is 8.32. The number of Topliss-reactive ketones (excluding diaryl/α,β-unsaturated/α-hetero) is 6. The van der Waals surface area contributed by atoms with E-state index in [4.69, 9.17) is 0 Å². The summed E-state index contributed by atoms with van der Waals surface area (Å²) in [5.41, 5.74) is 8.63. The Kier molecular flexibility index (Phi) is 19.1. The van der Waals surface area contributed by atoms with Gasteiger partial charge in [-0.25, -0.2) is 14.4 Å². The number of amides is 5. The van der Waals surface area contributed by atoms with Crippen molar-refractivity contribution in [1.82, 2.24) is 25.3 Å². The molecule has 21 nitrogen and oxygen atoms in total. The third-order valence-corrected chi connectivity index (χ3v) is 15.6. The molecule has 0 atom stereocenters. The second-order valence-electron chi connectivity index (χ2n) is 22.0. The van der Waals surface area contributed by atoms with Crippen LogP contribution in [0.5, 0.6) is 0 Å². The fourth-order valence-corrected chi connectivity index (χ4v) is 11.3. The van der Waals surface area contributed by atoms with E-state index in [0.29, 0.717) is 102 Å². The molecule has 6 aliphatic rings. The third-order valence-electron chi connectivity index (χ3n) is 15.6. The number of allylic oxidation sites excluding steroid dienone is 6. The molecule has 6 aromatic carbocycles. The van der Waals surface area contributed by atoms with Crippen LogP contribution in [0.15, 0.2) is 180 Å². The van der Waals surface area contributed by atoms with E-state index in [0.717, 1.165) is 77.8 Å². The van der Waals surface area contributed by atoms with Gasteiger partial charge in [0.2, 0.25) is 34.7 Å². The molecule has 3 saturated heterocycles. The number of nitrogens with zero attached hydrogens (tertiary/aromatic N) is 3. The molecule has 8 N–H and O–H groups in total. The topological polar surface area (TPSA) is 269 Å². The minimum absolute atomic E-state index is 0.0367. The van der Waals surface area contributed by atoms with Crippen molar-refractivity contribution in [2.45, 2.75) is 58.4 Å². The Labute approximate surface area is 515 Å². The number of hydrogen-bond acceptors (Lipinski definition) is 16. The van der Waals surface area contributed by atoms with Crippen LogP contribution in [0.1, 0.15) is 115 Å². The Bertz CT molecular complexity index is 3690. The first-order valence-electron chi connectivity index (χ1n) is 29.7. The summed E-state index contributed by atoms with van der Waals surface area (Å²) in [4.78, 5) is 120. The quantitative estimate of drug-likeness (QED) is 0.0534. The minimum atomic E-state index is -0.561. The van der Waals surface area contributed by atoms with Crippen LogP contribution in [0.25, 0.3) is 0 Å². The number of likely N-dealkylation sites (tertiary alicyclic amines) is 3. The van der Waals surface area contributed by atoms with E-state index in [-0.39, 0.29) is 52.8 Å². The number of urea groups is 2. The first kappa shape index (κ1) is 61.3. The van der Waals surface area contributed by atoms with E-state index in [2.05, 4.69) is 47.3 Å². The molecule has 3 fully saturated rings. The molecular weight excluding hydrogens is 1130 g/mol. The lowest BCUT2D eigenvalue weighted by Crippen LogP contribution is -2.35. The third kappa shape index (κ3) is 13.9. The van der Waals surface area contributed by atoms with E-state index in [1.54, 1.807) is 153 Å². The van der Waals surface area contributed by atoms with Gasteiger partial charge in [0.1, 0.15) is 34.2 Å². The van der Waals surface area contributed by atoms with E-state index in [9.17, 15) is 43.2 Å². The summed E-state index contributed by atoms with van der Waals surface area (Å²) in [7, 11) is 2.84. The van der Waals surface area contributed by atoms with Gasteiger partial charge in [0, 0.05) is 120 Å². The molecule has 3 aliphatic heterocycles. The van der Waals surface area contributed by atoms with Crippen molar-refractivity contribution in [3.05, 3.63) is 213 Å². The summed E-state index contributed by atoms with van der Waals surface area (Å²) in [6.07, 6.45) is 5.42. The number of fused-ring (bicyclic) bond motifs is 3. The number of carbonyl (C=O) groups excluding carboxylic acids is 9. The number of methoxy groups -OCH3 is 1. The number of hydrogen-bond donors (Lipinski definition) is 8. The molecule has 21 heteroatoms. The summed E-state index contributed by atoms with van der Waals surface area (Å²) in [5, 5.41) is 22.8. The first-order chi connectivity index (χ1) is 43.1. The van der Waals surface area contributed by atoms with Gasteiger partial charge in [-0.3, -0.25) is 34.1 Å². The molecule has 0 saturated carbocycles. The first-order valence-corrected chi connectivity index (χ1v) is 29.7. The zero-order valence-electron chi connectivity index (χ0n) is 49.8. The van der Waals surface area contributed by atoms with Gasteiger partial charge in [-0.05, 0) is 125 Å². The predicted octanol–water partition coefficient (Wildman–Crippen LogP) is 10.9. The molecule has 89 heavy (non-hydrogen) atoms. The maximum absolute atomic E-state index is 13.3. The summed E-state index contributed by atoms with van der Waals surface area (Å²) in [5.74, 6) is -0.941. The van der Waals surface area contributed by atoms with Crippen molar-refractivity contribution < 1.29 is 47.9 Å². The lowest BCUT2D eigenvalue weighted by Gasteiger charge is -2.28. The highest BCUT2D eigenvalue weighted by molar-refractivity contribution is 6.29. The smallest absolute Gasteiger partial charge is 0.411 e. The largest absolute Gasteiger partial charge is 0.453 e. The summed E-state index contributed by atoms with van der Waals surface area (Å²) >= 11 is 0. The van der Waals surface area contributed by atoms with Gasteiger partial charge in [0.05, 0.1) is 7.11 Å². The van der Waals surface area contributed by atoms with Crippen molar-refractivity contribution in [3.63, 3.8) is 0 Å². The van der Waals surface area contributed by atoms with Gasteiger partial charge in [0.15, 0.2) is 0 Å². The number of ketones is 6. The van der Waals surface area contributed by atoms with Crippen LogP contribution in [0.4, 0.5) is 48.5 Å². The molecular formula is C68H69N11O10. The van der Waals surface area contributed by atoms with Gasteiger partial charge in [0.25, 0.3) is 0 Å². The van der Waals surface area contributed by atoms with Crippen LogP contribution in [-0.2, 0) is 4.74 Å². The van der Waals surface area contributed by atoms with Crippen molar-refractivity contribution in [1.29, 1.82) is 0 Å². The number of rotatable bonds is 13. The molecule has 0 spiro atoms. The van der Waals surface area contributed by atoms with Crippen molar-refractivity contribution in [3.8, 4) is 0 Å². The molecule has 3 heterocycles. The second-order valence-corrected chi connectivity index (χ2v) is 22.0. The Hall–Kier alpha value is -10.8. The molecule has 6 aromatic rings. The monoisotopic (exact) mass is 1200 g/mol. The predicted molar refractivity (Wildman–Crippen MR) is 340 cm³/mol. The van der Waals surface area contributed by atoms with E-state index in [1.807, 2.05) is 28.5 Å². The molecule has 3 aliphatic carbocycles. The Morgan fingerprint density at radius 1 is 0.371 bits per heavy atom. The Balaban J connectivity index is 0.000000147. The zero-order chi connectivity index (χ0) is 62.7. The SMILES string of the molecule is CC(C)NC(=O)Nc1ccc(NC2=C(N3CCCC3)C(=O)c3ccccc3C2=O)cc1.CNC(=O)Nc1ccc(NC2=C(N3CCCC3)C(=O)c3ccccc3C2=O)cc1.COC(=O)Nc1ccc(NC2=C(N3CCCC3)C(=O)c3ccccc3C2=O)cc1. The average molecular weight is 1200 g/mol. The van der Waals surface area contributed by atoms with Gasteiger partial charge in [-0.15, -0.1) is 0 Å². The van der Waals surface area contributed by atoms with Crippen molar-refractivity contribution in [2.24, 2.45) is 0 Å².